The first-order chi connectivity index (χ1) is 7.11. The maximum Gasteiger partial charge on any atom is 0.320 e. The second-order valence-corrected chi connectivity index (χ2v) is 3.79. The summed E-state index contributed by atoms with van der Waals surface area (Å²) < 4.78 is 1.76. The first-order valence-electron chi connectivity index (χ1n) is 5.20. The standard InChI is InChI=1S/C10H18N4O/c1-4-14-6-5-9(13-14)12-10(15)11-7-8(2)3/h5-6,8H,4,7H2,1-3H3,(H2,11,12,13,15). The van der Waals surface area contributed by atoms with Gasteiger partial charge in [-0.15, -0.1) is 0 Å². The van der Waals surface area contributed by atoms with Crippen molar-refractivity contribution >= 4 is 11.8 Å². The predicted octanol–water partition coefficient (Wildman–Crippen LogP) is 1.68. The molecule has 1 heterocycles. The molecule has 0 aliphatic carbocycles. The third-order valence-electron chi connectivity index (χ3n) is 1.88. The monoisotopic (exact) mass is 210 g/mol. The number of carbonyl (C=O) groups excluding carboxylic acids is 1. The number of amides is 2. The van der Waals surface area contributed by atoms with Gasteiger partial charge < -0.3 is 5.32 Å². The van der Waals surface area contributed by atoms with Crippen LogP contribution in [0.15, 0.2) is 12.3 Å². The Hall–Kier alpha value is -1.52. The second-order valence-electron chi connectivity index (χ2n) is 3.79. The Labute approximate surface area is 89.9 Å². The zero-order valence-corrected chi connectivity index (χ0v) is 9.45. The first kappa shape index (κ1) is 11.6. The third-order valence-corrected chi connectivity index (χ3v) is 1.88. The maximum absolute atomic E-state index is 11.3. The number of nitrogens with one attached hydrogen (secondary N) is 2. The molecule has 5 nitrogen and oxygen atoms in total. The fourth-order valence-electron chi connectivity index (χ4n) is 1.06. The van der Waals surface area contributed by atoms with Crippen LogP contribution in [0.2, 0.25) is 0 Å². The van der Waals surface area contributed by atoms with Crippen molar-refractivity contribution in [2.75, 3.05) is 11.9 Å². The van der Waals surface area contributed by atoms with Crippen LogP contribution < -0.4 is 10.6 Å². The minimum Gasteiger partial charge on any atom is -0.338 e. The number of urea groups is 1. The highest BCUT2D eigenvalue weighted by Gasteiger charge is 2.04. The van der Waals surface area contributed by atoms with E-state index in [0.717, 1.165) is 6.54 Å². The van der Waals surface area contributed by atoms with Crippen molar-refractivity contribution in [3.05, 3.63) is 12.3 Å². The quantitative estimate of drug-likeness (QED) is 0.794. The van der Waals surface area contributed by atoms with Crippen LogP contribution in [0, 0.1) is 5.92 Å². The number of aromatic nitrogens is 2. The molecule has 0 spiro atoms. The smallest absolute Gasteiger partial charge is 0.320 e. The van der Waals surface area contributed by atoms with Crippen molar-refractivity contribution in [1.82, 2.24) is 15.1 Å². The molecule has 84 valence electrons. The molecule has 1 aromatic heterocycles. The Kier molecular flexibility index (Phi) is 4.15. The van der Waals surface area contributed by atoms with E-state index in [1.54, 1.807) is 10.7 Å². The lowest BCUT2D eigenvalue weighted by molar-refractivity contribution is 0.251. The highest BCUT2D eigenvalue weighted by molar-refractivity contribution is 5.88. The fraction of sp³-hybridized carbons (Fsp3) is 0.600. The molecule has 0 aliphatic heterocycles. The molecule has 0 radical (unpaired) electrons. The minimum atomic E-state index is -0.204. The van der Waals surface area contributed by atoms with E-state index in [0.29, 0.717) is 18.3 Å². The van der Waals surface area contributed by atoms with Gasteiger partial charge in [0, 0.05) is 25.4 Å². The van der Waals surface area contributed by atoms with Gasteiger partial charge in [-0.05, 0) is 12.8 Å². The van der Waals surface area contributed by atoms with Crippen LogP contribution in [-0.2, 0) is 6.54 Å². The Balaban J connectivity index is 2.37. The van der Waals surface area contributed by atoms with E-state index in [4.69, 9.17) is 0 Å². The zero-order valence-electron chi connectivity index (χ0n) is 9.45. The molecular weight excluding hydrogens is 192 g/mol. The van der Waals surface area contributed by atoms with Crippen LogP contribution in [0.5, 0.6) is 0 Å². The molecular formula is C10H18N4O. The number of nitrogens with zero attached hydrogens (tertiary/aromatic N) is 2. The van der Waals surface area contributed by atoms with Crippen LogP contribution in [0.4, 0.5) is 10.6 Å². The van der Waals surface area contributed by atoms with Gasteiger partial charge >= 0.3 is 6.03 Å². The highest BCUT2D eigenvalue weighted by atomic mass is 16.2. The van der Waals surface area contributed by atoms with Gasteiger partial charge in [-0.1, -0.05) is 13.8 Å². The number of hydrogen-bond donors (Lipinski definition) is 2. The lowest BCUT2D eigenvalue weighted by Crippen LogP contribution is -2.31. The summed E-state index contributed by atoms with van der Waals surface area (Å²) in [5, 5.41) is 9.57. The van der Waals surface area contributed by atoms with Gasteiger partial charge in [-0.3, -0.25) is 10.00 Å². The molecule has 0 saturated carbocycles. The van der Waals surface area contributed by atoms with Crippen molar-refractivity contribution in [1.29, 1.82) is 0 Å². The molecule has 2 N–H and O–H groups in total. The normalized spacial score (nSPS) is 10.4. The molecule has 0 aromatic carbocycles. The van der Waals surface area contributed by atoms with Gasteiger partial charge in [0.05, 0.1) is 0 Å². The number of aryl methyl sites for hydroxylation is 1. The molecule has 0 saturated heterocycles. The fourth-order valence-corrected chi connectivity index (χ4v) is 1.06. The van der Waals surface area contributed by atoms with Gasteiger partial charge in [0.25, 0.3) is 0 Å². The van der Waals surface area contributed by atoms with E-state index >= 15 is 0 Å². The zero-order chi connectivity index (χ0) is 11.3. The summed E-state index contributed by atoms with van der Waals surface area (Å²) in [6, 6.07) is 1.57. The van der Waals surface area contributed by atoms with Gasteiger partial charge in [-0.25, -0.2) is 4.79 Å². The highest BCUT2D eigenvalue weighted by Crippen LogP contribution is 2.01. The number of hydrogen-bond acceptors (Lipinski definition) is 2. The van der Waals surface area contributed by atoms with Crippen molar-refractivity contribution in [2.45, 2.75) is 27.3 Å². The molecule has 0 aliphatic rings. The van der Waals surface area contributed by atoms with Gasteiger partial charge in [-0.2, -0.15) is 5.10 Å². The molecule has 1 rings (SSSR count). The first-order valence-corrected chi connectivity index (χ1v) is 5.20. The van der Waals surface area contributed by atoms with Gasteiger partial charge in [0.2, 0.25) is 0 Å². The average Bonchev–Trinajstić information content (AvgIpc) is 2.62. The largest absolute Gasteiger partial charge is 0.338 e. The molecule has 2 amide bonds. The van der Waals surface area contributed by atoms with E-state index in [1.165, 1.54) is 0 Å². The summed E-state index contributed by atoms with van der Waals surface area (Å²) in [5.74, 6) is 1.03. The van der Waals surface area contributed by atoms with Crippen LogP contribution in [0.3, 0.4) is 0 Å². The van der Waals surface area contributed by atoms with E-state index in [1.807, 2.05) is 27.0 Å². The molecule has 0 bridgehead atoms. The number of carbonyl (C=O) groups is 1. The molecule has 5 heteroatoms. The van der Waals surface area contributed by atoms with Gasteiger partial charge in [0.1, 0.15) is 0 Å². The van der Waals surface area contributed by atoms with E-state index in [-0.39, 0.29) is 6.03 Å². The van der Waals surface area contributed by atoms with Crippen molar-refractivity contribution in [3.63, 3.8) is 0 Å². The minimum absolute atomic E-state index is 0.204. The summed E-state index contributed by atoms with van der Waals surface area (Å²) in [7, 11) is 0. The summed E-state index contributed by atoms with van der Waals surface area (Å²) in [6.45, 7) is 7.56. The number of anilines is 1. The average molecular weight is 210 g/mol. The predicted molar refractivity (Wildman–Crippen MR) is 59.8 cm³/mol. The topological polar surface area (TPSA) is 59.0 Å². The van der Waals surface area contributed by atoms with Crippen LogP contribution in [0.25, 0.3) is 0 Å². The molecule has 0 unspecified atom stereocenters. The van der Waals surface area contributed by atoms with E-state index in [2.05, 4.69) is 15.7 Å². The molecule has 1 aromatic rings. The lowest BCUT2D eigenvalue weighted by atomic mass is 10.2. The molecule has 0 atom stereocenters. The summed E-state index contributed by atoms with van der Waals surface area (Å²) in [5.41, 5.74) is 0. The van der Waals surface area contributed by atoms with Gasteiger partial charge in [0.15, 0.2) is 5.82 Å². The summed E-state index contributed by atoms with van der Waals surface area (Å²) >= 11 is 0. The van der Waals surface area contributed by atoms with Crippen LogP contribution in [-0.4, -0.2) is 22.4 Å². The maximum atomic E-state index is 11.3. The molecule has 15 heavy (non-hydrogen) atoms. The van der Waals surface area contributed by atoms with Crippen molar-refractivity contribution in [3.8, 4) is 0 Å². The summed E-state index contributed by atoms with van der Waals surface area (Å²) in [4.78, 5) is 11.3. The number of rotatable bonds is 4. The Morgan fingerprint density at radius 3 is 2.87 bits per heavy atom. The van der Waals surface area contributed by atoms with Crippen LogP contribution in [0.1, 0.15) is 20.8 Å². The van der Waals surface area contributed by atoms with E-state index in [9.17, 15) is 4.79 Å². The van der Waals surface area contributed by atoms with Crippen LogP contribution >= 0.6 is 0 Å². The van der Waals surface area contributed by atoms with E-state index < -0.39 is 0 Å². The SMILES string of the molecule is CCn1ccc(NC(=O)NCC(C)C)n1. The molecule has 0 fully saturated rings. The summed E-state index contributed by atoms with van der Waals surface area (Å²) in [6.07, 6.45) is 1.83. The van der Waals surface area contributed by atoms with Crippen molar-refractivity contribution < 1.29 is 4.79 Å². The van der Waals surface area contributed by atoms with Crippen molar-refractivity contribution in [2.24, 2.45) is 5.92 Å². The second kappa shape index (κ2) is 5.38. The Morgan fingerprint density at radius 1 is 1.60 bits per heavy atom. The Bertz CT molecular complexity index is 319. The lowest BCUT2D eigenvalue weighted by Gasteiger charge is -2.07. The third kappa shape index (κ3) is 4.01. The Morgan fingerprint density at radius 2 is 2.33 bits per heavy atom.